The van der Waals surface area contributed by atoms with Gasteiger partial charge in [0.15, 0.2) is 5.11 Å². The standard InChI is InChI=1S/C19H23F3N4O5S/c1-9(27)23-6-7-24-17(30)12-8-13(28)16(29)14-15(12)26(18(32)25-14)10-2-4-11(5-3-10)31-19(20,21)22/h2-5,12-16,28-29H,6-8H2,1H3,(H,23,27)(H,24,30)(H,25,32). The molecule has 13 heteroatoms. The second kappa shape index (κ2) is 9.46. The molecular formula is C19H23F3N4O5S. The van der Waals surface area contributed by atoms with E-state index in [1.807, 2.05) is 0 Å². The second-order valence-corrected chi connectivity index (χ2v) is 7.94. The minimum atomic E-state index is -4.83. The number of aliphatic hydroxyl groups is 2. The molecule has 0 bridgehead atoms. The van der Waals surface area contributed by atoms with Crippen LogP contribution in [0.4, 0.5) is 18.9 Å². The predicted octanol–water partition coefficient (Wildman–Crippen LogP) is 0.0109. The van der Waals surface area contributed by atoms with E-state index < -0.39 is 48.2 Å². The SMILES string of the molecule is CC(=O)NCCNC(=O)C1CC(O)C(O)C2NC(=S)N(c3ccc(OC(F)(F)F)cc3)C12. The smallest absolute Gasteiger partial charge is 0.406 e. The molecule has 1 aliphatic heterocycles. The molecule has 1 aliphatic carbocycles. The molecule has 0 radical (unpaired) electrons. The number of thiocarbonyl (C=S) groups is 1. The van der Waals surface area contributed by atoms with Gasteiger partial charge < -0.3 is 35.8 Å². The molecule has 0 aromatic heterocycles. The van der Waals surface area contributed by atoms with Crippen LogP contribution in [0.1, 0.15) is 13.3 Å². The van der Waals surface area contributed by atoms with Crippen molar-refractivity contribution in [2.45, 2.75) is 44.0 Å². The first-order valence-corrected chi connectivity index (χ1v) is 10.2. The molecule has 2 amide bonds. The molecular weight excluding hydrogens is 453 g/mol. The highest BCUT2D eigenvalue weighted by molar-refractivity contribution is 7.80. The summed E-state index contributed by atoms with van der Waals surface area (Å²) in [7, 11) is 0. The molecule has 1 saturated carbocycles. The Hall–Kier alpha value is -2.64. The minimum Gasteiger partial charge on any atom is -0.406 e. The van der Waals surface area contributed by atoms with Crippen LogP contribution < -0.4 is 25.6 Å². The van der Waals surface area contributed by atoms with Crippen LogP contribution in [0.25, 0.3) is 0 Å². The summed E-state index contributed by atoms with van der Waals surface area (Å²) in [5.41, 5.74) is 0.393. The fourth-order valence-corrected chi connectivity index (χ4v) is 4.37. The number of anilines is 1. The minimum absolute atomic E-state index is 0.0512. The van der Waals surface area contributed by atoms with E-state index >= 15 is 0 Å². The van der Waals surface area contributed by atoms with Gasteiger partial charge in [-0.15, -0.1) is 13.2 Å². The molecule has 176 valence electrons. The number of nitrogens with zero attached hydrogens (tertiary/aromatic N) is 1. The summed E-state index contributed by atoms with van der Waals surface area (Å²) in [4.78, 5) is 25.4. The molecule has 1 heterocycles. The van der Waals surface area contributed by atoms with Crippen molar-refractivity contribution < 1.29 is 37.7 Å². The number of benzene rings is 1. The number of ether oxygens (including phenoxy) is 1. The van der Waals surface area contributed by atoms with Gasteiger partial charge in [-0.05, 0) is 42.9 Å². The Kier molecular flexibility index (Phi) is 7.10. The molecule has 2 aliphatic rings. The zero-order valence-electron chi connectivity index (χ0n) is 16.9. The van der Waals surface area contributed by atoms with E-state index in [0.29, 0.717) is 5.69 Å². The summed E-state index contributed by atoms with van der Waals surface area (Å²) in [6, 6.07) is 3.49. The number of amides is 2. The lowest BCUT2D eigenvalue weighted by Gasteiger charge is -2.41. The summed E-state index contributed by atoms with van der Waals surface area (Å²) in [5.74, 6) is -1.87. The third kappa shape index (κ3) is 5.40. The molecule has 3 rings (SSSR count). The predicted molar refractivity (Wildman–Crippen MR) is 111 cm³/mol. The fraction of sp³-hybridized carbons (Fsp3) is 0.526. The van der Waals surface area contributed by atoms with Crippen molar-refractivity contribution in [3.63, 3.8) is 0 Å². The van der Waals surface area contributed by atoms with Crippen molar-refractivity contribution in [2.24, 2.45) is 5.92 Å². The molecule has 9 nitrogen and oxygen atoms in total. The summed E-state index contributed by atoms with van der Waals surface area (Å²) in [6.07, 6.45) is -7.27. The Bertz CT molecular complexity index is 870. The number of hydrogen-bond acceptors (Lipinski definition) is 6. The number of carbonyl (C=O) groups is 2. The number of alkyl halides is 3. The number of carbonyl (C=O) groups excluding carboxylic acids is 2. The Balaban J connectivity index is 1.81. The van der Waals surface area contributed by atoms with Crippen LogP contribution in [0, 0.1) is 5.92 Å². The third-order valence-corrected chi connectivity index (χ3v) is 5.64. The van der Waals surface area contributed by atoms with Crippen molar-refractivity contribution in [1.29, 1.82) is 0 Å². The Labute approximate surface area is 186 Å². The van der Waals surface area contributed by atoms with Gasteiger partial charge in [-0.1, -0.05) is 0 Å². The molecule has 0 spiro atoms. The van der Waals surface area contributed by atoms with Crippen LogP contribution in [0.15, 0.2) is 24.3 Å². The van der Waals surface area contributed by atoms with Crippen molar-refractivity contribution in [3.05, 3.63) is 24.3 Å². The van der Waals surface area contributed by atoms with E-state index in [9.17, 15) is 33.0 Å². The first-order valence-electron chi connectivity index (χ1n) is 9.82. The lowest BCUT2D eigenvalue weighted by molar-refractivity contribution is -0.274. The van der Waals surface area contributed by atoms with Gasteiger partial charge in [0, 0.05) is 25.7 Å². The average molecular weight is 476 g/mol. The zero-order chi connectivity index (χ0) is 23.6. The summed E-state index contributed by atoms with van der Waals surface area (Å²) in [5, 5.41) is 29.0. The van der Waals surface area contributed by atoms with Gasteiger partial charge in [-0.3, -0.25) is 9.59 Å². The van der Waals surface area contributed by atoms with Crippen molar-refractivity contribution in [2.75, 3.05) is 18.0 Å². The van der Waals surface area contributed by atoms with Gasteiger partial charge in [0.1, 0.15) is 11.9 Å². The van der Waals surface area contributed by atoms with E-state index in [1.54, 1.807) is 4.90 Å². The summed E-state index contributed by atoms with van der Waals surface area (Å²) in [6.45, 7) is 1.72. The quantitative estimate of drug-likeness (QED) is 0.288. The van der Waals surface area contributed by atoms with Gasteiger partial charge in [0.25, 0.3) is 0 Å². The van der Waals surface area contributed by atoms with Crippen molar-refractivity contribution in [3.8, 4) is 5.75 Å². The van der Waals surface area contributed by atoms with Gasteiger partial charge >= 0.3 is 6.36 Å². The zero-order valence-corrected chi connectivity index (χ0v) is 17.7. The highest BCUT2D eigenvalue weighted by Gasteiger charge is 2.53. The van der Waals surface area contributed by atoms with Crippen molar-refractivity contribution in [1.82, 2.24) is 16.0 Å². The highest BCUT2D eigenvalue weighted by Crippen LogP contribution is 2.37. The molecule has 5 N–H and O–H groups in total. The molecule has 1 aromatic carbocycles. The van der Waals surface area contributed by atoms with Crippen LogP contribution in [-0.2, 0) is 9.59 Å². The normalized spacial score (nSPS) is 27.4. The Morgan fingerprint density at radius 3 is 2.44 bits per heavy atom. The van der Waals surface area contributed by atoms with E-state index in [4.69, 9.17) is 12.2 Å². The maximum atomic E-state index is 12.9. The highest BCUT2D eigenvalue weighted by atomic mass is 32.1. The van der Waals surface area contributed by atoms with Crippen LogP contribution in [0.2, 0.25) is 0 Å². The van der Waals surface area contributed by atoms with Crippen LogP contribution in [0.3, 0.4) is 0 Å². The lowest BCUT2D eigenvalue weighted by atomic mass is 9.77. The molecule has 1 aromatic rings. The second-order valence-electron chi connectivity index (χ2n) is 7.55. The van der Waals surface area contributed by atoms with E-state index in [-0.39, 0.29) is 30.5 Å². The van der Waals surface area contributed by atoms with Gasteiger partial charge in [-0.2, -0.15) is 0 Å². The molecule has 2 fully saturated rings. The van der Waals surface area contributed by atoms with Crippen LogP contribution in [0.5, 0.6) is 5.75 Å². The third-order valence-electron chi connectivity index (χ3n) is 5.33. The van der Waals surface area contributed by atoms with Crippen molar-refractivity contribution >= 4 is 34.8 Å². The Morgan fingerprint density at radius 2 is 1.84 bits per heavy atom. The van der Waals surface area contributed by atoms with E-state index in [1.165, 1.54) is 19.1 Å². The van der Waals surface area contributed by atoms with E-state index in [0.717, 1.165) is 12.1 Å². The monoisotopic (exact) mass is 476 g/mol. The summed E-state index contributed by atoms with van der Waals surface area (Å²) < 4.78 is 41.2. The Morgan fingerprint density at radius 1 is 1.22 bits per heavy atom. The maximum Gasteiger partial charge on any atom is 0.573 e. The van der Waals surface area contributed by atoms with Gasteiger partial charge in [-0.25, -0.2) is 0 Å². The number of fused-ring (bicyclic) bond motifs is 1. The first-order chi connectivity index (χ1) is 15.0. The largest absolute Gasteiger partial charge is 0.573 e. The number of aliphatic hydroxyl groups excluding tert-OH is 2. The summed E-state index contributed by atoms with van der Waals surface area (Å²) >= 11 is 5.36. The maximum absolute atomic E-state index is 12.9. The average Bonchev–Trinajstić information content (AvgIpc) is 3.04. The number of halogens is 3. The van der Waals surface area contributed by atoms with Gasteiger partial charge in [0.2, 0.25) is 11.8 Å². The van der Waals surface area contributed by atoms with Crippen LogP contribution >= 0.6 is 12.2 Å². The van der Waals surface area contributed by atoms with E-state index in [2.05, 4.69) is 20.7 Å². The molecule has 1 saturated heterocycles. The lowest BCUT2D eigenvalue weighted by Crippen LogP contribution is -2.61. The molecule has 5 atom stereocenters. The number of rotatable bonds is 6. The molecule has 5 unspecified atom stereocenters. The topological polar surface area (TPSA) is 123 Å². The number of nitrogens with one attached hydrogen (secondary N) is 3. The van der Waals surface area contributed by atoms with Crippen LogP contribution in [-0.4, -0.2) is 70.9 Å². The first kappa shape index (κ1) is 24.0. The number of hydrogen-bond donors (Lipinski definition) is 5. The van der Waals surface area contributed by atoms with Gasteiger partial charge in [0.05, 0.1) is 24.1 Å². The molecule has 32 heavy (non-hydrogen) atoms. The fourth-order valence-electron chi connectivity index (χ4n) is 4.00.